The summed E-state index contributed by atoms with van der Waals surface area (Å²) in [7, 11) is 7.44. The number of allylic oxidation sites excluding steroid dienone is 4. The first-order valence-corrected chi connectivity index (χ1v) is 8.95. The Kier molecular flexibility index (Phi) is 8.38. The van der Waals surface area contributed by atoms with Crippen molar-refractivity contribution in [2.75, 3.05) is 21.2 Å². The van der Waals surface area contributed by atoms with Crippen molar-refractivity contribution in [2.24, 2.45) is 7.05 Å². The van der Waals surface area contributed by atoms with Gasteiger partial charge < -0.3 is 20.3 Å². The van der Waals surface area contributed by atoms with Gasteiger partial charge in [0.2, 0.25) is 0 Å². The van der Waals surface area contributed by atoms with Crippen LogP contribution in [0.25, 0.3) is 5.57 Å². The monoisotopic (exact) mass is 383 g/mol. The van der Waals surface area contributed by atoms with Gasteiger partial charge in [-0.1, -0.05) is 25.8 Å². The quantitative estimate of drug-likeness (QED) is 0.474. The van der Waals surface area contributed by atoms with E-state index in [2.05, 4.69) is 42.4 Å². The van der Waals surface area contributed by atoms with Gasteiger partial charge in [0.05, 0.1) is 19.0 Å². The molecule has 0 amide bonds. The molecule has 0 aliphatic rings. The highest BCUT2D eigenvalue weighted by atomic mass is 16.5. The van der Waals surface area contributed by atoms with Gasteiger partial charge in [-0.15, -0.1) is 0 Å². The number of aromatic nitrogens is 2. The number of nitrogens with zero attached hydrogens (tertiary/aromatic N) is 3. The fourth-order valence-electron chi connectivity index (χ4n) is 2.54. The summed E-state index contributed by atoms with van der Waals surface area (Å²) in [5.74, 6) is 1.34. The van der Waals surface area contributed by atoms with Gasteiger partial charge in [-0.25, -0.2) is 0 Å². The standard InChI is InChI=1S/C22H33N5O/c1-11-20(13-26(7)8)17(4)24-19(6)25-22(18(5)28-10)16(3)15(2)21-12-23-27(9)14-21/h11-14,24-25H,1,4,6H2,2-3,5,7-10H3/b16-15+,20-13+,22-18-. The first-order chi connectivity index (χ1) is 13.1. The molecule has 0 saturated carbocycles. The van der Waals surface area contributed by atoms with Crippen molar-refractivity contribution < 1.29 is 4.74 Å². The Bertz CT molecular complexity index is 837. The molecule has 0 aromatic carbocycles. The van der Waals surface area contributed by atoms with Gasteiger partial charge in [0.15, 0.2) is 0 Å². The zero-order valence-electron chi connectivity index (χ0n) is 18.2. The second-order valence-electron chi connectivity index (χ2n) is 6.75. The summed E-state index contributed by atoms with van der Waals surface area (Å²) < 4.78 is 7.27. The van der Waals surface area contributed by atoms with Crippen LogP contribution in [0, 0.1) is 0 Å². The van der Waals surface area contributed by atoms with E-state index in [-0.39, 0.29) is 0 Å². The van der Waals surface area contributed by atoms with Crippen LogP contribution in [0.5, 0.6) is 0 Å². The van der Waals surface area contributed by atoms with Crippen LogP contribution in [0.15, 0.2) is 78.5 Å². The highest BCUT2D eigenvalue weighted by Crippen LogP contribution is 2.24. The minimum atomic E-state index is 0.584. The van der Waals surface area contributed by atoms with Crippen molar-refractivity contribution in [1.82, 2.24) is 25.3 Å². The maximum atomic E-state index is 5.49. The Morgan fingerprint density at radius 2 is 1.86 bits per heavy atom. The zero-order valence-corrected chi connectivity index (χ0v) is 18.2. The molecule has 2 N–H and O–H groups in total. The number of aryl methyl sites for hydroxylation is 1. The Labute approximate surface area is 169 Å². The highest BCUT2D eigenvalue weighted by Gasteiger charge is 2.13. The molecule has 0 fully saturated rings. The van der Waals surface area contributed by atoms with Crippen LogP contribution in [0.4, 0.5) is 0 Å². The third kappa shape index (κ3) is 6.23. The molecule has 0 atom stereocenters. The van der Waals surface area contributed by atoms with E-state index in [1.807, 2.05) is 58.5 Å². The lowest BCUT2D eigenvalue weighted by Gasteiger charge is -2.21. The molecule has 1 rings (SSSR count). The van der Waals surface area contributed by atoms with Gasteiger partial charge in [0.25, 0.3) is 0 Å². The van der Waals surface area contributed by atoms with E-state index in [1.54, 1.807) is 17.9 Å². The van der Waals surface area contributed by atoms with E-state index >= 15 is 0 Å². The van der Waals surface area contributed by atoms with Crippen LogP contribution in [-0.4, -0.2) is 35.9 Å². The molecule has 1 aromatic heterocycles. The van der Waals surface area contributed by atoms with Crippen LogP contribution in [0.2, 0.25) is 0 Å². The molecule has 152 valence electrons. The lowest BCUT2D eigenvalue weighted by Crippen LogP contribution is -2.26. The lowest BCUT2D eigenvalue weighted by molar-refractivity contribution is 0.287. The molecule has 0 bridgehead atoms. The Morgan fingerprint density at radius 3 is 2.32 bits per heavy atom. The van der Waals surface area contributed by atoms with E-state index < -0.39 is 0 Å². The van der Waals surface area contributed by atoms with Gasteiger partial charge >= 0.3 is 0 Å². The molecule has 1 aromatic rings. The normalized spacial score (nSPS) is 13.2. The molecule has 6 heteroatoms. The third-order valence-corrected chi connectivity index (χ3v) is 4.28. The number of hydrogen-bond acceptors (Lipinski definition) is 5. The number of ether oxygens (including phenoxy) is 1. The summed E-state index contributed by atoms with van der Waals surface area (Å²) in [6.07, 6.45) is 7.51. The van der Waals surface area contributed by atoms with Crippen molar-refractivity contribution in [2.45, 2.75) is 20.8 Å². The van der Waals surface area contributed by atoms with Crippen LogP contribution in [0.1, 0.15) is 26.3 Å². The zero-order chi connectivity index (χ0) is 21.4. The molecule has 0 aliphatic heterocycles. The highest BCUT2D eigenvalue weighted by molar-refractivity contribution is 5.69. The second kappa shape index (κ2) is 10.3. The Balaban J connectivity index is 3.10. The minimum absolute atomic E-state index is 0.584. The fourth-order valence-corrected chi connectivity index (χ4v) is 2.54. The molecule has 0 saturated heterocycles. The van der Waals surface area contributed by atoms with E-state index in [9.17, 15) is 0 Å². The summed E-state index contributed by atoms with van der Waals surface area (Å²) in [6, 6.07) is 0. The molecule has 0 unspecified atom stereocenters. The first-order valence-electron chi connectivity index (χ1n) is 8.95. The second-order valence-corrected chi connectivity index (χ2v) is 6.75. The maximum absolute atomic E-state index is 5.49. The van der Waals surface area contributed by atoms with Crippen LogP contribution < -0.4 is 10.6 Å². The topological polar surface area (TPSA) is 54.4 Å². The van der Waals surface area contributed by atoms with Gasteiger partial charge in [0.1, 0.15) is 11.6 Å². The summed E-state index contributed by atoms with van der Waals surface area (Å²) in [5.41, 5.74) is 5.59. The average Bonchev–Trinajstić information content (AvgIpc) is 3.08. The summed E-state index contributed by atoms with van der Waals surface area (Å²) >= 11 is 0. The lowest BCUT2D eigenvalue weighted by atomic mass is 10.0. The third-order valence-electron chi connectivity index (χ3n) is 4.28. The fraction of sp³-hybridized carbons (Fsp3) is 0.318. The number of methoxy groups -OCH3 is 1. The molecule has 28 heavy (non-hydrogen) atoms. The molecule has 6 nitrogen and oxygen atoms in total. The molecular weight excluding hydrogens is 350 g/mol. The van der Waals surface area contributed by atoms with Crippen molar-refractivity contribution in [3.05, 3.63) is 84.1 Å². The summed E-state index contributed by atoms with van der Waals surface area (Å²) in [4.78, 5) is 1.94. The van der Waals surface area contributed by atoms with Crippen molar-refractivity contribution in [1.29, 1.82) is 0 Å². The van der Waals surface area contributed by atoms with Gasteiger partial charge in [-0.2, -0.15) is 5.10 Å². The predicted molar refractivity (Wildman–Crippen MR) is 118 cm³/mol. The molecule has 0 aliphatic carbocycles. The summed E-state index contributed by atoms with van der Waals surface area (Å²) in [6.45, 7) is 18.0. The molecular formula is C22H33N5O. The van der Waals surface area contributed by atoms with Crippen LogP contribution in [-0.2, 0) is 11.8 Å². The van der Waals surface area contributed by atoms with Crippen LogP contribution in [0.3, 0.4) is 0 Å². The van der Waals surface area contributed by atoms with Gasteiger partial charge in [-0.3, -0.25) is 4.68 Å². The van der Waals surface area contributed by atoms with Gasteiger partial charge in [0, 0.05) is 50.4 Å². The SMILES string of the molecule is C=C/C(=C\N(C)C)C(=C)NC(=C)NC(=C(/C)OC)/C(C)=C(\C)c1cnn(C)c1. The van der Waals surface area contributed by atoms with Crippen molar-refractivity contribution >= 4 is 5.57 Å². The molecule has 0 spiro atoms. The van der Waals surface area contributed by atoms with E-state index in [0.717, 1.165) is 33.7 Å². The average molecular weight is 384 g/mol. The Hall–Kier alpha value is -3.15. The minimum Gasteiger partial charge on any atom is -0.499 e. The van der Waals surface area contributed by atoms with E-state index in [0.29, 0.717) is 11.5 Å². The number of nitrogens with one attached hydrogen (secondary N) is 2. The number of rotatable bonds is 10. The van der Waals surface area contributed by atoms with E-state index in [4.69, 9.17) is 4.74 Å². The van der Waals surface area contributed by atoms with Crippen LogP contribution >= 0.6 is 0 Å². The number of hydrogen-bond donors (Lipinski definition) is 2. The molecule has 0 radical (unpaired) electrons. The van der Waals surface area contributed by atoms with E-state index in [1.165, 1.54) is 0 Å². The smallest absolute Gasteiger partial charge is 0.116 e. The predicted octanol–water partition coefficient (Wildman–Crippen LogP) is 3.89. The molecule has 1 heterocycles. The van der Waals surface area contributed by atoms with Crippen molar-refractivity contribution in [3.63, 3.8) is 0 Å². The van der Waals surface area contributed by atoms with Crippen molar-refractivity contribution in [3.8, 4) is 0 Å². The first kappa shape index (κ1) is 22.9. The maximum Gasteiger partial charge on any atom is 0.116 e. The van der Waals surface area contributed by atoms with Gasteiger partial charge in [-0.05, 0) is 31.9 Å². The Morgan fingerprint density at radius 1 is 1.21 bits per heavy atom. The largest absolute Gasteiger partial charge is 0.499 e. The summed E-state index contributed by atoms with van der Waals surface area (Å²) in [5, 5.41) is 10.8.